The van der Waals surface area contributed by atoms with Gasteiger partial charge in [-0.25, -0.2) is 4.98 Å². The molecule has 3 N–H and O–H groups in total. The fourth-order valence-corrected chi connectivity index (χ4v) is 6.71. The van der Waals surface area contributed by atoms with Gasteiger partial charge in [0.25, 0.3) is 0 Å². The fraction of sp³-hybridized carbons (Fsp3) is 0.139. The number of benzene rings is 5. The van der Waals surface area contributed by atoms with Crippen molar-refractivity contribution >= 4 is 21.6 Å². The Morgan fingerprint density at radius 3 is 1.38 bits per heavy atom. The van der Waals surface area contributed by atoms with Crippen LogP contribution in [0.2, 0.25) is 0 Å². The fourth-order valence-electron chi connectivity index (χ4n) is 5.83. The predicted octanol–water partition coefficient (Wildman–Crippen LogP) is 7.67. The van der Waals surface area contributed by atoms with Crippen molar-refractivity contribution in [2.75, 3.05) is 0 Å². The quantitative estimate of drug-likeness (QED) is 0.203. The molecule has 7 rings (SSSR count). The van der Waals surface area contributed by atoms with Crippen LogP contribution < -0.4 is 4.74 Å². The van der Waals surface area contributed by atoms with Crippen molar-refractivity contribution in [3.8, 4) is 23.0 Å². The van der Waals surface area contributed by atoms with Gasteiger partial charge in [-0.05, 0) is 56.6 Å². The molecule has 0 saturated heterocycles. The second-order valence-corrected chi connectivity index (χ2v) is 11.9. The lowest BCUT2D eigenvalue weighted by Crippen LogP contribution is -2.05. The van der Waals surface area contributed by atoms with E-state index in [-0.39, 0.29) is 17.2 Å². The summed E-state index contributed by atoms with van der Waals surface area (Å²) in [4.78, 5) is 4.76. The summed E-state index contributed by atoms with van der Waals surface area (Å²) in [5.41, 5.74) is 7.32. The molecule has 0 unspecified atom stereocenters. The first-order valence-corrected chi connectivity index (χ1v) is 14.8. The van der Waals surface area contributed by atoms with Crippen molar-refractivity contribution < 1.29 is 20.1 Å². The van der Waals surface area contributed by atoms with Gasteiger partial charge in [0.2, 0.25) is 0 Å². The number of nitrogens with zero attached hydrogens (tertiary/aromatic N) is 1. The van der Waals surface area contributed by atoms with Crippen molar-refractivity contribution in [1.29, 1.82) is 0 Å². The van der Waals surface area contributed by atoms with Gasteiger partial charge in [0.15, 0.2) is 0 Å². The highest BCUT2D eigenvalue weighted by atomic mass is 32.1. The number of aromatic hydroxyl groups is 3. The average Bonchev–Trinajstić information content (AvgIpc) is 3.41. The number of hydrogen-bond acceptors (Lipinski definition) is 6. The van der Waals surface area contributed by atoms with E-state index in [1.807, 2.05) is 91.0 Å². The summed E-state index contributed by atoms with van der Waals surface area (Å²) < 4.78 is 7.67. The summed E-state index contributed by atoms with van der Waals surface area (Å²) in [7, 11) is 0. The Balaban J connectivity index is 1.35. The summed E-state index contributed by atoms with van der Waals surface area (Å²) in [6.45, 7) is 0.315. The van der Waals surface area contributed by atoms with Gasteiger partial charge in [0.05, 0.1) is 10.2 Å². The predicted molar refractivity (Wildman–Crippen MR) is 166 cm³/mol. The Hall–Kier alpha value is -4.81. The van der Waals surface area contributed by atoms with Crippen LogP contribution in [0, 0.1) is 0 Å². The van der Waals surface area contributed by atoms with Crippen LogP contribution >= 0.6 is 11.3 Å². The van der Waals surface area contributed by atoms with E-state index in [9.17, 15) is 15.3 Å². The Morgan fingerprint density at radius 1 is 0.524 bits per heavy atom. The van der Waals surface area contributed by atoms with Crippen LogP contribution in [-0.2, 0) is 32.3 Å². The smallest absolute Gasteiger partial charge is 0.140 e. The number of phenols is 3. The summed E-state index contributed by atoms with van der Waals surface area (Å²) in [5, 5.41) is 34.8. The number of para-hydroxylation sites is 5. The van der Waals surface area contributed by atoms with E-state index in [1.165, 1.54) is 0 Å². The zero-order chi connectivity index (χ0) is 28.6. The van der Waals surface area contributed by atoms with Crippen LogP contribution in [0.1, 0.15) is 49.5 Å². The topological polar surface area (TPSA) is 82.8 Å². The molecule has 1 aliphatic carbocycles. The van der Waals surface area contributed by atoms with Crippen LogP contribution in [0.5, 0.6) is 23.0 Å². The molecule has 6 heteroatoms. The average molecular weight is 572 g/mol. The molecule has 0 fully saturated rings. The molecular weight excluding hydrogens is 542 g/mol. The third-order valence-corrected chi connectivity index (χ3v) is 9.00. The third-order valence-electron chi connectivity index (χ3n) is 7.99. The number of aromatic nitrogens is 1. The van der Waals surface area contributed by atoms with Gasteiger partial charge in [-0.2, -0.15) is 0 Å². The van der Waals surface area contributed by atoms with Gasteiger partial charge < -0.3 is 20.1 Å². The van der Waals surface area contributed by atoms with Gasteiger partial charge >= 0.3 is 0 Å². The van der Waals surface area contributed by atoms with E-state index >= 15 is 0 Å². The first kappa shape index (κ1) is 26.1. The first-order valence-electron chi connectivity index (χ1n) is 14.0. The van der Waals surface area contributed by atoms with Gasteiger partial charge in [-0.3, -0.25) is 0 Å². The maximum atomic E-state index is 11.4. The molecular formula is C36H29NO4S. The second-order valence-electron chi connectivity index (χ2n) is 10.8. The van der Waals surface area contributed by atoms with Crippen LogP contribution in [-0.4, -0.2) is 20.3 Å². The Labute approximate surface area is 248 Å². The summed E-state index contributed by atoms with van der Waals surface area (Å²) in [5.74, 6) is 1.37. The van der Waals surface area contributed by atoms with Crippen LogP contribution in [0.25, 0.3) is 10.2 Å². The number of rotatable bonds is 3. The summed E-state index contributed by atoms with van der Waals surface area (Å²) in [6, 6.07) is 31.3. The summed E-state index contributed by atoms with van der Waals surface area (Å²) >= 11 is 1.62. The number of fused-ring (bicyclic) bond motifs is 9. The van der Waals surface area contributed by atoms with Gasteiger partial charge in [0.1, 0.15) is 34.6 Å². The monoisotopic (exact) mass is 571 g/mol. The van der Waals surface area contributed by atoms with E-state index in [4.69, 9.17) is 9.72 Å². The molecule has 1 aromatic heterocycles. The molecule has 8 bridgehead atoms. The minimum Gasteiger partial charge on any atom is -0.507 e. The molecule has 1 aliphatic rings. The number of phenolic OH excluding ortho intramolecular Hbond substituents is 3. The third kappa shape index (κ3) is 4.95. The lowest BCUT2D eigenvalue weighted by Gasteiger charge is -2.19. The molecule has 42 heavy (non-hydrogen) atoms. The molecule has 5 aromatic carbocycles. The van der Waals surface area contributed by atoms with E-state index in [0.29, 0.717) is 32.3 Å². The Morgan fingerprint density at radius 2 is 0.929 bits per heavy atom. The minimum atomic E-state index is 0.190. The number of ether oxygens (including phenoxy) is 1. The van der Waals surface area contributed by atoms with E-state index in [1.54, 1.807) is 11.3 Å². The largest absolute Gasteiger partial charge is 0.507 e. The highest BCUT2D eigenvalue weighted by Crippen LogP contribution is 2.38. The molecule has 0 amide bonds. The normalized spacial score (nSPS) is 12.8. The number of hydrogen-bond donors (Lipinski definition) is 3. The van der Waals surface area contributed by atoms with Crippen molar-refractivity contribution in [2.24, 2.45) is 0 Å². The van der Waals surface area contributed by atoms with Gasteiger partial charge in [-0.1, -0.05) is 84.9 Å². The lowest BCUT2D eigenvalue weighted by molar-refractivity contribution is 0.300. The Bertz CT molecular complexity index is 1820. The van der Waals surface area contributed by atoms with Crippen LogP contribution in [0.3, 0.4) is 0 Å². The molecule has 0 spiro atoms. The van der Waals surface area contributed by atoms with Crippen molar-refractivity contribution in [3.05, 3.63) is 147 Å². The first-order chi connectivity index (χ1) is 20.5. The maximum absolute atomic E-state index is 11.4. The van der Waals surface area contributed by atoms with Crippen molar-refractivity contribution in [3.63, 3.8) is 0 Å². The van der Waals surface area contributed by atoms with E-state index in [2.05, 4.69) is 6.07 Å². The number of thiazole rings is 1. The van der Waals surface area contributed by atoms with Gasteiger partial charge in [-0.15, -0.1) is 11.3 Å². The molecule has 1 heterocycles. The lowest BCUT2D eigenvalue weighted by atomic mass is 9.91. The zero-order valence-corrected chi connectivity index (χ0v) is 23.7. The van der Waals surface area contributed by atoms with Crippen LogP contribution in [0.4, 0.5) is 0 Å². The van der Waals surface area contributed by atoms with E-state index in [0.717, 1.165) is 65.5 Å². The van der Waals surface area contributed by atoms with Crippen molar-refractivity contribution in [2.45, 2.75) is 32.3 Å². The van der Waals surface area contributed by atoms with Crippen molar-refractivity contribution in [1.82, 2.24) is 4.98 Å². The Kier molecular flexibility index (Phi) is 6.76. The van der Waals surface area contributed by atoms with Gasteiger partial charge in [0, 0.05) is 25.7 Å². The highest BCUT2D eigenvalue weighted by Gasteiger charge is 2.19. The molecule has 208 valence electrons. The maximum Gasteiger partial charge on any atom is 0.140 e. The van der Waals surface area contributed by atoms with E-state index < -0.39 is 0 Å². The molecule has 6 aromatic rings. The molecule has 5 nitrogen and oxygen atoms in total. The summed E-state index contributed by atoms with van der Waals surface area (Å²) in [6.07, 6.45) is 1.68. The molecule has 0 radical (unpaired) electrons. The standard InChI is InChI=1S/C36H29NO4S/c38-33-22-7-3-8-23(33)18-25-10-5-12-27(35(25)40)20-29-14-6-13-28(19-26-11-4-9-24(17-22)34(26)39)36(29)41-21-32-37-30-15-1-2-16-31(30)42-32/h1-16,38-40H,17-21H2. The second kappa shape index (κ2) is 10.9. The molecule has 0 aliphatic heterocycles. The van der Waals surface area contributed by atoms with Crippen LogP contribution in [0.15, 0.2) is 97.1 Å². The molecule has 0 atom stereocenters. The molecule has 0 saturated carbocycles. The SMILES string of the molecule is Oc1c2cccc1Cc1cccc(c1O)Cc1cccc(c1OCc1nc3ccccc3s1)Cc1cccc(c1O)C2. The minimum absolute atomic E-state index is 0.190. The highest BCUT2D eigenvalue weighted by molar-refractivity contribution is 7.18. The zero-order valence-electron chi connectivity index (χ0n) is 22.9.